The van der Waals surface area contributed by atoms with Gasteiger partial charge in [0, 0.05) is 0 Å². The van der Waals surface area contributed by atoms with Crippen molar-refractivity contribution >= 4 is 19.8 Å². The van der Waals surface area contributed by atoms with E-state index in [1.165, 1.54) is 5.56 Å². The molecule has 11 heavy (non-hydrogen) atoms. The maximum absolute atomic E-state index is 2.38. The molecule has 0 fully saturated rings. The molecule has 0 saturated heterocycles. The number of hydrogen-bond acceptors (Lipinski definition) is 0. The van der Waals surface area contributed by atoms with E-state index >= 15 is 0 Å². The molecule has 58 valence electrons. The topological polar surface area (TPSA) is 0 Å². The van der Waals surface area contributed by atoms with Crippen LogP contribution in [0.2, 0.25) is 0 Å². The second-order valence-corrected chi connectivity index (χ2v) is 7.03. The van der Waals surface area contributed by atoms with Crippen LogP contribution in [0.3, 0.4) is 0 Å². The van der Waals surface area contributed by atoms with Crippen molar-refractivity contribution in [2.75, 3.05) is 0 Å². The monoisotopic (exact) mass is 208 g/mol. The van der Waals surface area contributed by atoms with Gasteiger partial charge in [-0.3, -0.25) is 0 Å². The predicted molar refractivity (Wildman–Crippen MR) is 53.7 cm³/mol. The average molecular weight is 207 g/mol. The molecule has 0 N–H and O–H groups in total. The Balaban J connectivity index is 2.76. The second-order valence-electron chi connectivity index (χ2n) is 2.73. The van der Waals surface area contributed by atoms with E-state index in [2.05, 4.69) is 49.0 Å². The molecule has 1 aromatic rings. The van der Waals surface area contributed by atoms with Crippen LogP contribution in [-0.4, -0.2) is 19.8 Å². The molecule has 0 nitrogen and oxygen atoms in total. The first-order chi connectivity index (χ1) is 5.34. The second kappa shape index (κ2) is 4.50. The molecule has 1 rings (SSSR count). The Bertz CT molecular complexity index is 226. The summed E-state index contributed by atoms with van der Waals surface area (Å²) in [5.41, 5.74) is 1.51. The van der Waals surface area contributed by atoms with Gasteiger partial charge in [0.15, 0.2) is 0 Å². The molecule has 1 unspecified atom stereocenters. The molecule has 1 atom stereocenters. The van der Waals surface area contributed by atoms with Gasteiger partial charge in [0.2, 0.25) is 0 Å². The third-order valence-electron chi connectivity index (χ3n) is 1.81. The van der Waals surface area contributed by atoms with Crippen molar-refractivity contribution in [3.8, 4) is 0 Å². The van der Waals surface area contributed by atoms with E-state index in [1.54, 1.807) is 0 Å². The summed E-state index contributed by atoms with van der Waals surface area (Å²) in [5, 5.41) is 0. The van der Waals surface area contributed by atoms with Crippen LogP contribution < -0.4 is 0 Å². The molecule has 0 aliphatic rings. The predicted octanol–water partition coefficient (Wildman–Crippen LogP) is 2.01. The first-order valence-corrected chi connectivity index (χ1v) is 6.82. The molecular weight excluding hydrogens is 193 g/mol. The standard InChI is InChI=1S/C10H14Ge/c1-3-11-9(2)10-7-5-4-6-8-10/h3-9,11H,1-2H3. The fourth-order valence-corrected chi connectivity index (χ4v) is 3.30. The van der Waals surface area contributed by atoms with Gasteiger partial charge in [-0.05, 0) is 0 Å². The van der Waals surface area contributed by atoms with Crippen molar-refractivity contribution in [3.63, 3.8) is 0 Å². The molecule has 0 amide bonds. The van der Waals surface area contributed by atoms with Gasteiger partial charge >= 0.3 is 74.3 Å². The Hall–Kier alpha value is -0.367. The molecule has 0 bridgehead atoms. The van der Waals surface area contributed by atoms with E-state index in [9.17, 15) is 0 Å². The summed E-state index contributed by atoms with van der Waals surface area (Å²) in [7, 11) is 0. The van der Waals surface area contributed by atoms with Crippen molar-refractivity contribution in [2.24, 2.45) is 0 Å². The van der Waals surface area contributed by atoms with E-state index in [0.717, 1.165) is 4.75 Å². The van der Waals surface area contributed by atoms with Crippen LogP contribution in [0.25, 0.3) is 0 Å². The maximum atomic E-state index is 2.38. The SMILES string of the molecule is C[CH]=[GeH][CH](C)c1ccccc1. The average Bonchev–Trinajstić information content (AvgIpc) is 2.07. The van der Waals surface area contributed by atoms with Crippen LogP contribution in [0.4, 0.5) is 0 Å². The molecule has 0 radical (unpaired) electrons. The van der Waals surface area contributed by atoms with Gasteiger partial charge in [0.05, 0.1) is 0 Å². The Morgan fingerprint density at radius 1 is 1.27 bits per heavy atom. The van der Waals surface area contributed by atoms with Crippen molar-refractivity contribution in [3.05, 3.63) is 35.9 Å². The van der Waals surface area contributed by atoms with Gasteiger partial charge in [0.25, 0.3) is 0 Å². The van der Waals surface area contributed by atoms with Gasteiger partial charge < -0.3 is 0 Å². The minimum atomic E-state index is -0.121. The number of benzene rings is 1. The number of hydrogen-bond donors (Lipinski definition) is 0. The Labute approximate surface area is 74.6 Å². The fraction of sp³-hybridized carbons (Fsp3) is 0.300. The summed E-state index contributed by atoms with van der Waals surface area (Å²) in [6.45, 7) is 4.51. The Morgan fingerprint density at radius 2 is 1.91 bits per heavy atom. The zero-order chi connectivity index (χ0) is 8.10. The van der Waals surface area contributed by atoms with Crippen molar-refractivity contribution in [1.82, 2.24) is 0 Å². The quantitative estimate of drug-likeness (QED) is 0.650. The summed E-state index contributed by atoms with van der Waals surface area (Å²) in [6, 6.07) is 10.8. The third kappa shape index (κ3) is 2.62. The van der Waals surface area contributed by atoms with Crippen LogP contribution in [0.1, 0.15) is 24.2 Å². The summed E-state index contributed by atoms with van der Waals surface area (Å²) >= 11 is -0.121. The summed E-state index contributed by atoms with van der Waals surface area (Å²) < 4.78 is 0.824. The molecule has 0 aliphatic heterocycles. The Morgan fingerprint density at radius 3 is 2.45 bits per heavy atom. The van der Waals surface area contributed by atoms with Crippen LogP contribution >= 0.6 is 0 Å². The summed E-state index contributed by atoms with van der Waals surface area (Å²) in [5.74, 6) is 0. The molecule has 0 aromatic heterocycles. The van der Waals surface area contributed by atoms with Crippen LogP contribution in [0.5, 0.6) is 0 Å². The molecule has 0 heterocycles. The molecule has 0 saturated carbocycles. The first kappa shape index (κ1) is 8.73. The normalized spacial score (nSPS) is 13.6. The number of rotatable bonds is 2. The van der Waals surface area contributed by atoms with Crippen LogP contribution in [0.15, 0.2) is 30.3 Å². The molecule has 0 aliphatic carbocycles. The van der Waals surface area contributed by atoms with Crippen LogP contribution in [-0.2, 0) is 0 Å². The van der Waals surface area contributed by atoms with Gasteiger partial charge in [-0.25, -0.2) is 0 Å². The van der Waals surface area contributed by atoms with E-state index in [1.807, 2.05) is 0 Å². The van der Waals surface area contributed by atoms with E-state index in [-0.39, 0.29) is 15.0 Å². The Kier molecular flexibility index (Phi) is 3.57. The van der Waals surface area contributed by atoms with Crippen molar-refractivity contribution in [1.29, 1.82) is 0 Å². The van der Waals surface area contributed by atoms with Gasteiger partial charge in [-0.15, -0.1) is 0 Å². The summed E-state index contributed by atoms with van der Waals surface area (Å²) in [4.78, 5) is 2.38. The third-order valence-corrected chi connectivity index (χ3v) is 4.63. The fourth-order valence-electron chi connectivity index (χ4n) is 1.16. The molecular formula is C10H14Ge. The van der Waals surface area contributed by atoms with Crippen LogP contribution in [0, 0.1) is 0 Å². The first-order valence-electron chi connectivity index (χ1n) is 4.02. The molecule has 1 aromatic carbocycles. The zero-order valence-electron chi connectivity index (χ0n) is 7.12. The molecule has 0 spiro atoms. The van der Waals surface area contributed by atoms with Crippen molar-refractivity contribution in [2.45, 2.75) is 18.6 Å². The zero-order valence-corrected chi connectivity index (χ0v) is 9.54. The minimum absolute atomic E-state index is 0.121. The van der Waals surface area contributed by atoms with Crippen molar-refractivity contribution < 1.29 is 0 Å². The molecule has 1 heteroatoms. The summed E-state index contributed by atoms with van der Waals surface area (Å²) in [6.07, 6.45) is 0. The van der Waals surface area contributed by atoms with E-state index < -0.39 is 0 Å². The van der Waals surface area contributed by atoms with E-state index in [4.69, 9.17) is 0 Å². The van der Waals surface area contributed by atoms with E-state index in [0.29, 0.717) is 0 Å². The van der Waals surface area contributed by atoms with Gasteiger partial charge in [0.1, 0.15) is 0 Å². The van der Waals surface area contributed by atoms with Gasteiger partial charge in [-0.1, -0.05) is 0 Å². The van der Waals surface area contributed by atoms with Gasteiger partial charge in [-0.2, -0.15) is 0 Å².